The number of benzene rings is 1. The van der Waals surface area contributed by atoms with Crippen LogP contribution in [0.1, 0.15) is 26.7 Å². The van der Waals surface area contributed by atoms with Crippen LogP contribution >= 0.6 is 0 Å². The number of hydrogen-bond acceptors (Lipinski definition) is 5. The Hall–Kier alpha value is -2.00. The topological polar surface area (TPSA) is 86.8 Å². The van der Waals surface area contributed by atoms with Gasteiger partial charge in [-0.15, -0.1) is 0 Å². The molecule has 1 heterocycles. The van der Waals surface area contributed by atoms with E-state index < -0.39 is 15.7 Å². The van der Waals surface area contributed by atoms with Crippen LogP contribution in [0.5, 0.6) is 0 Å². The fourth-order valence-corrected chi connectivity index (χ4v) is 5.09. The summed E-state index contributed by atoms with van der Waals surface area (Å²) in [5.74, 6) is -0.912. The molecule has 0 bridgehead atoms. The van der Waals surface area contributed by atoms with Crippen molar-refractivity contribution in [3.8, 4) is 0 Å². The molecule has 2 rings (SSSR count). The van der Waals surface area contributed by atoms with Crippen molar-refractivity contribution in [1.29, 1.82) is 0 Å². The Morgan fingerprint density at radius 3 is 2.61 bits per heavy atom. The summed E-state index contributed by atoms with van der Waals surface area (Å²) in [7, 11) is -1.46. The van der Waals surface area contributed by atoms with Gasteiger partial charge in [0.1, 0.15) is 5.82 Å². The van der Waals surface area contributed by atoms with E-state index in [4.69, 9.17) is 0 Å². The third kappa shape index (κ3) is 6.27. The van der Waals surface area contributed by atoms with E-state index in [0.29, 0.717) is 18.5 Å². The van der Waals surface area contributed by atoms with Crippen molar-refractivity contribution in [2.45, 2.75) is 38.8 Å². The second kappa shape index (κ2) is 9.47. The fraction of sp³-hybridized carbons (Fsp3) is 0.579. The van der Waals surface area contributed by atoms with Crippen LogP contribution < -0.4 is 5.32 Å². The summed E-state index contributed by atoms with van der Waals surface area (Å²) in [5, 5.41) is 2.59. The van der Waals surface area contributed by atoms with Gasteiger partial charge in [0.05, 0.1) is 24.6 Å². The highest BCUT2D eigenvalue weighted by molar-refractivity contribution is 7.91. The van der Waals surface area contributed by atoms with Gasteiger partial charge in [0.2, 0.25) is 11.8 Å². The Labute approximate surface area is 165 Å². The van der Waals surface area contributed by atoms with Crippen molar-refractivity contribution >= 4 is 27.3 Å². The van der Waals surface area contributed by atoms with Crippen LogP contribution in [0.4, 0.5) is 10.1 Å². The zero-order valence-electron chi connectivity index (χ0n) is 16.5. The lowest BCUT2D eigenvalue weighted by atomic mass is 10.1. The maximum absolute atomic E-state index is 13.2. The first-order valence-corrected chi connectivity index (χ1v) is 11.2. The lowest BCUT2D eigenvalue weighted by Gasteiger charge is -2.34. The molecule has 1 aliphatic rings. The molecule has 7 nitrogen and oxygen atoms in total. The minimum absolute atomic E-state index is 0.00252. The third-order valence-corrected chi connectivity index (χ3v) is 6.63. The van der Waals surface area contributed by atoms with Crippen molar-refractivity contribution < 1.29 is 22.4 Å². The largest absolute Gasteiger partial charge is 0.335 e. The van der Waals surface area contributed by atoms with Gasteiger partial charge in [-0.25, -0.2) is 12.8 Å². The average molecular weight is 414 g/mol. The fourth-order valence-electron chi connectivity index (χ4n) is 3.38. The average Bonchev–Trinajstić information content (AvgIpc) is 2.93. The van der Waals surface area contributed by atoms with Gasteiger partial charge in [-0.1, -0.05) is 13.0 Å². The molecule has 1 aromatic carbocycles. The Balaban J connectivity index is 1.95. The van der Waals surface area contributed by atoms with Crippen LogP contribution in [0, 0.1) is 5.82 Å². The molecule has 1 aromatic rings. The van der Waals surface area contributed by atoms with E-state index in [-0.39, 0.29) is 48.5 Å². The lowest BCUT2D eigenvalue weighted by Crippen LogP contribution is -2.50. The van der Waals surface area contributed by atoms with Crippen molar-refractivity contribution in [3.05, 3.63) is 30.1 Å². The van der Waals surface area contributed by atoms with Crippen LogP contribution in [0.25, 0.3) is 0 Å². The minimum Gasteiger partial charge on any atom is -0.335 e. The van der Waals surface area contributed by atoms with Crippen molar-refractivity contribution in [3.63, 3.8) is 0 Å². The van der Waals surface area contributed by atoms with Gasteiger partial charge >= 0.3 is 0 Å². The Morgan fingerprint density at radius 2 is 2.04 bits per heavy atom. The van der Waals surface area contributed by atoms with E-state index in [9.17, 15) is 22.4 Å². The number of amides is 2. The number of hydrogen-bond donors (Lipinski definition) is 1. The molecule has 156 valence electrons. The van der Waals surface area contributed by atoms with E-state index in [0.717, 1.165) is 0 Å². The highest BCUT2D eigenvalue weighted by Gasteiger charge is 2.36. The Bertz CT molecular complexity index is 815. The third-order valence-electron chi connectivity index (χ3n) is 4.88. The predicted octanol–water partition coefficient (Wildman–Crippen LogP) is 1.51. The maximum Gasteiger partial charge on any atom is 0.238 e. The van der Waals surface area contributed by atoms with Crippen molar-refractivity contribution in [1.82, 2.24) is 9.80 Å². The van der Waals surface area contributed by atoms with Crippen LogP contribution in [0.15, 0.2) is 24.3 Å². The molecular weight excluding hydrogens is 385 g/mol. The first kappa shape index (κ1) is 22.3. The SMILES string of the molecule is CC[C@@H](C)N(C(=O)CN(C)CC(=O)Nc1cccc(F)c1)[C@H]1CCS(=O)(=O)C1. The maximum atomic E-state index is 13.2. The Kier molecular flexibility index (Phi) is 7.54. The highest BCUT2D eigenvalue weighted by atomic mass is 32.2. The standard InChI is InChI=1S/C19H28FN3O4S/c1-4-14(2)23(17-8-9-28(26,27)13-17)19(25)12-22(3)11-18(24)21-16-7-5-6-15(20)10-16/h5-7,10,14,17H,4,8-9,11-13H2,1-3H3,(H,21,24)/t14-,17+/m1/s1. The molecule has 1 N–H and O–H groups in total. The molecule has 9 heteroatoms. The molecule has 0 aromatic heterocycles. The molecule has 2 atom stereocenters. The molecule has 1 aliphatic heterocycles. The van der Waals surface area contributed by atoms with Gasteiger partial charge in [0, 0.05) is 17.8 Å². The van der Waals surface area contributed by atoms with E-state index in [1.54, 1.807) is 22.9 Å². The van der Waals surface area contributed by atoms with Crippen molar-refractivity contribution in [2.75, 3.05) is 37.0 Å². The van der Waals surface area contributed by atoms with Crippen LogP contribution in [-0.2, 0) is 19.4 Å². The van der Waals surface area contributed by atoms with Gasteiger partial charge in [0.15, 0.2) is 9.84 Å². The highest BCUT2D eigenvalue weighted by Crippen LogP contribution is 2.21. The van der Waals surface area contributed by atoms with Gasteiger partial charge in [0.25, 0.3) is 0 Å². The molecule has 28 heavy (non-hydrogen) atoms. The molecule has 0 spiro atoms. The quantitative estimate of drug-likeness (QED) is 0.698. The number of likely N-dealkylation sites (N-methyl/N-ethyl adjacent to an activating group) is 1. The van der Waals surface area contributed by atoms with Crippen LogP contribution in [0.2, 0.25) is 0 Å². The normalized spacial score (nSPS) is 19.4. The number of carbonyl (C=O) groups excluding carboxylic acids is 2. The molecule has 0 saturated carbocycles. The van der Waals surface area contributed by atoms with Gasteiger partial charge in [-0.05, 0) is 45.0 Å². The summed E-state index contributed by atoms with van der Waals surface area (Å²) in [5.41, 5.74) is 0.349. The molecule has 1 fully saturated rings. The number of halogens is 1. The number of nitrogens with one attached hydrogen (secondary N) is 1. The van der Waals surface area contributed by atoms with Gasteiger partial charge in [-0.3, -0.25) is 14.5 Å². The predicted molar refractivity (Wildman–Crippen MR) is 106 cm³/mol. The number of nitrogens with zero attached hydrogens (tertiary/aromatic N) is 2. The summed E-state index contributed by atoms with van der Waals surface area (Å²) >= 11 is 0. The van der Waals surface area contributed by atoms with Crippen LogP contribution in [0.3, 0.4) is 0 Å². The van der Waals surface area contributed by atoms with E-state index in [1.165, 1.54) is 18.2 Å². The second-order valence-corrected chi connectivity index (χ2v) is 9.57. The molecule has 2 amide bonds. The molecule has 0 aliphatic carbocycles. The summed E-state index contributed by atoms with van der Waals surface area (Å²) in [4.78, 5) is 28.2. The molecule has 1 saturated heterocycles. The van der Waals surface area contributed by atoms with Gasteiger partial charge in [-0.2, -0.15) is 0 Å². The van der Waals surface area contributed by atoms with Gasteiger partial charge < -0.3 is 10.2 Å². The lowest BCUT2D eigenvalue weighted by molar-refractivity contribution is -0.136. The number of rotatable bonds is 8. The summed E-state index contributed by atoms with van der Waals surface area (Å²) in [6, 6.07) is 5.18. The van der Waals surface area contributed by atoms with Crippen molar-refractivity contribution in [2.24, 2.45) is 0 Å². The van der Waals surface area contributed by atoms with E-state index in [1.807, 2.05) is 13.8 Å². The minimum atomic E-state index is -3.10. The second-order valence-electron chi connectivity index (χ2n) is 7.35. The molecule has 0 radical (unpaired) electrons. The summed E-state index contributed by atoms with van der Waals surface area (Å²) in [6.07, 6.45) is 1.16. The van der Waals surface area contributed by atoms with Crippen LogP contribution in [-0.4, -0.2) is 73.8 Å². The summed E-state index contributed by atoms with van der Waals surface area (Å²) in [6.45, 7) is 3.81. The Morgan fingerprint density at radius 1 is 1.32 bits per heavy atom. The van der Waals surface area contributed by atoms with E-state index >= 15 is 0 Å². The smallest absolute Gasteiger partial charge is 0.238 e. The zero-order chi connectivity index (χ0) is 20.9. The number of carbonyl (C=O) groups is 2. The first-order chi connectivity index (χ1) is 13.1. The van der Waals surface area contributed by atoms with E-state index in [2.05, 4.69) is 5.32 Å². The monoisotopic (exact) mass is 413 g/mol. The molecular formula is C19H28FN3O4S. The number of sulfone groups is 1. The first-order valence-electron chi connectivity index (χ1n) is 9.37. The zero-order valence-corrected chi connectivity index (χ0v) is 17.3. The summed E-state index contributed by atoms with van der Waals surface area (Å²) < 4.78 is 36.8. The molecule has 0 unspecified atom stereocenters. The number of anilines is 1.